The van der Waals surface area contributed by atoms with Gasteiger partial charge in [-0.1, -0.05) is 83.1 Å². The Morgan fingerprint density at radius 1 is 0.926 bits per heavy atom. The van der Waals surface area contributed by atoms with Crippen molar-refractivity contribution in [2.45, 2.75) is 110 Å². The summed E-state index contributed by atoms with van der Waals surface area (Å²) < 4.78 is 0. The van der Waals surface area contributed by atoms with Crippen LogP contribution in [0.3, 0.4) is 0 Å². The number of Topliss-reactive ketones (excluding diaryl/α,β-unsaturated/α-hetero) is 1. The Balaban J connectivity index is 1.72. The van der Waals surface area contributed by atoms with Gasteiger partial charge in [0, 0.05) is 12.0 Å². The highest BCUT2D eigenvalue weighted by Crippen LogP contribution is 2.59. The summed E-state index contributed by atoms with van der Waals surface area (Å²) in [6.45, 7) is 4.58. The van der Waals surface area contributed by atoms with Crippen molar-refractivity contribution < 1.29 is 4.79 Å². The molecule has 0 radical (unpaired) electrons. The monoisotopic (exact) mass is 368 g/mol. The van der Waals surface area contributed by atoms with Crippen LogP contribution in [0.25, 0.3) is 0 Å². The second kappa shape index (κ2) is 9.89. The molecule has 1 heteroatoms. The number of carbonyl (C=O) groups is 1. The van der Waals surface area contributed by atoms with Crippen LogP contribution in [-0.4, -0.2) is 5.78 Å². The molecule has 2 fully saturated rings. The quantitative estimate of drug-likeness (QED) is 0.318. The molecule has 1 nitrogen and oxygen atoms in total. The molecular formula is C26H40O. The Morgan fingerprint density at radius 3 is 2.44 bits per heavy atom. The van der Waals surface area contributed by atoms with Crippen LogP contribution in [0.5, 0.6) is 0 Å². The largest absolute Gasteiger partial charge is 0.294 e. The van der Waals surface area contributed by atoms with E-state index in [1.165, 1.54) is 82.6 Å². The maximum Gasteiger partial charge on any atom is 0.162 e. The third kappa shape index (κ3) is 4.66. The van der Waals surface area contributed by atoms with Gasteiger partial charge in [0.05, 0.1) is 0 Å². The number of rotatable bonds is 9. The predicted octanol–water partition coefficient (Wildman–Crippen LogP) is 8.08. The minimum atomic E-state index is 0.333. The van der Waals surface area contributed by atoms with Crippen LogP contribution in [0.2, 0.25) is 0 Å². The fourth-order valence-electron chi connectivity index (χ4n) is 6.31. The molecule has 150 valence electrons. The molecule has 1 aromatic carbocycles. The zero-order valence-electron chi connectivity index (χ0n) is 17.8. The van der Waals surface area contributed by atoms with Crippen molar-refractivity contribution in [1.29, 1.82) is 0 Å². The minimum absolute atomic E-state index is 0.333. The fourth-order valence-corrected chi connectivity index (χ4v) is 6.31. The van der Waals surface area contributed by atoms with Crippen molar-refractivity contribution in [2.75, 3.05) is 0 Å². The van der Waals surface area contributed by atoms with Crippen LogP contribution in [-0.2, 0) is 0 Å². The van der Waals surface area contributed by atoms with E-state index in [-0.39, 0.29) is 0 Å². The number of ketones is 1. The molecule has 1 unspecified atom stereocenters. The molecule has 2 saturated carbocycles. The van der Waals surface area contributed by atoms with Gasteiger partial charge >= 0.3 is 0 Å². The predicted molar refractivity (Wildman–Crippen MR) is 115 cm³/mol. The Labute approximate surface area is 167 Å². The first kappa shape index (κ1) is 20.6. The first-order valence-corrected chi connectivity index (χ1v) is 11.8. The minimum Gasteiger partial charge on any atom is -0.294 e. The van der Waals surface area contributed by atoms with Crippen LogP contribution >= 0.6 is 0 Å². The van der Waals surface area contributed by atoms with Gasteiger partial charge in [0.2, 0.25) is 0 Å². The van der Waals surface area contributed by atoms with Gasteiger partial charge < -0.3 is 0 Å². The number of unbranched alkanes of at least 4 members (excludes halogenated alkanes) is 3. The van der Waals surface area contributed by atoms with Crippen molar-refractivity contribution >= 4 is 5.78 Å². The smallest absolute Gasteiger partial charge is 0.162 e. The van der Waals surface area contributed by atoms with E-state index >= 15 is 0 Å². The lowest BCUT2D eigenvalue weighted by Gasteiger charge is -2.53. The molecule has 1 aromatic rings. The molecule has 0 saturated heterocycles. The number of fused-ring (bicyclic) bond motifs is 1. The summed E-state index contributed by atoms with van der Waals surface area (Å²) in [6, 6.07) is 8.86. The van der Waals surface area contributed by atoms with Crippen molar-refractivity contribution in [3.63, 3.8) is 0 Å². The lowest BCUT2D eigenvalue weighted by atomic mass is 9.51. The van der Waals surface area contributed by atoms with E-state index in [1.807, 2.05) is 0 Å². The summed E-state index contributed by atoms with van der Waals surface area (Å²) in [7, 11) is 0. The molecule has 0 heterocycles. The second-order valence-electron chi connectivity index (χ2n) is 9.27. The molecule has 0 aromatic heterocycles. The third-order valence-electron chi connectivity index (χ3n) is 7.61. The van der Waals surface area contributed by atoms with E-state index < -0.39 is 0 Å². The molecule has 2 aliphatic rings. The fraction of sp³-hybridized carbons (Fsp3) is 0.731. The topological polar surface area (TPSA) is 17.1 Å². The first-order valence-electron chi connectivity index (χ1n) is 11.8. The lowest BCUT2D eigenvalue weighted by molar-refractivity contribution is 0.0114. The molecule has 0 bridgehead atoms. The van der Waals surface area contributed by atoms with Crippen LogP contribution in [0.15, 0.2) is 24.3 Å². The zero-order valence-corrected chi connectivity index (χ0v) is 17.8. The van der Waals surface area contributed by atoms with E-state index in [0.29, 0.717) is 23.5 Å². The maximum absolute atomic E-state index is 12.5. The molecule has 0 aliphatic heterocycles. The number of hydrogen-bond donors (Lipinski definition) is 0. The molecule has 3 atom stereocenters. The molecule has 27 heavy (non-hydrogen) atoms. The van der Waals surface area contributed by atoms with Gasteiger partial charge in [0.25, 0.3) is 0 Å². The van der Waals surface area contributed by atoms with Gasteiger partial charge in [0.15, 0.2) is 5.78 Å². The zero-order chi connectivity index (χ0) is 19.1. The first-order chi connectivity index (χ1) is 13.2. The Morgan fingerprint density at radius 2 is 1.70 bits per heavy atom. The average Bonchev–Trinajstić information content (AvgIpc) is 2.71. The summed E-state index contributed by atoms with van der Waals surface area (Å²) in [5, 5.41) is 0. The maximum atomic E-state index is 12.5. The summed E-state index contributed by atoms with van der Waals surface area (Å²) >= 11 is 0. The van der Waals surface area contributed by atoms with Gasteiger partial charge in [-0.3, -0.25) is 4.79 Å². The van der Waals surface area contributed by atoms with E-state index in [4.69, 9.17) is 0 Å². The number of benzene rings is 1. The normalized spacial score (nSPS) is 27.9. The number of carbonyl (C=O) groups excluding carboxylic acids is 1. The SMILES string of the molecule is CCCCCCC(=O)c1ccc(C2CCC[C@H]3CCCC[C@]23CCC)cc1. The Hall–Kier alpha value is -1.11. The van der Waals surface area contributed by atoms with Crippen molar-refractivity contribution in [3.8, 4) is 0 Å². The van der Waals surface area contributed by atoms with Gasteiger partial charge in [-0.2, -0.15) is 0 Å². The van der Waals surface area contributed by atoms with Crippen molar-refractivity contribution in [3.05, 3.63) is 35.4 Å². The number of hydrogen-bond acceptors (Lipinski definition) is 1. The van der Waals surface area contributed by atoms with E-state index in [0.717, 1.165) is 17.9 Å². The van der Waals surface area contributed by atoms with Crippen LogP contribution < -0.4 is 0 Å². The van der Waals surface area contributed by atoms with Crippen molar-refractivity contribution in [2.24, 2.45) is 11.3 Å². The molecule has 0 amide bonds. The van der Waals surface area contributed by atoms with E-state index in [2.05, 4.69) is 38.1 Å². The van der Waals surface area contributed by atoms with Crippen LogP contribution in [0.1, 0.15) is 126 Å². The lowest BCUT2D eigenvalue weighted by Crippen LogP contribution is -2.42. The van der Waals surface area contributed by atoms with Crippen molar-refractivity contribution in [1.82, 2.24) is 0 Å². The molecule has 3 rings (SSSR count). The summed E-state index contributed by atoms with van der Waals surface area (Å²) in [4.78, 5) is 12.5. The van der Waals surface area contributed by atoms with Gasteiger partial charge in [0.1, 0.15) is 0 Å². The summed E-state index contributed by atoms with van der Waals surface area (Å²) in [5.74, 6) is 1.98. The summed E-state index contributed by atoms with van der Waals surface area (Å²) in [5.41, 5.74) is 2.98. The highest BCUT2D eigenvalue weighted by Gasteiger charge is 2.47. The van der Waals surface area contributed by atoms with Gasteiger partial charge in [-0.15, -0.1) is 0 Å². The third-order valence-corrected chi connectivity index (χ3v) is 7.61. The van der Waals surface area contributed by atoms with Gasteiger partial charge in [-0.25, -0.2) is 0 Å². The summed E-state index contributed by atoms with van der Waals surface area (Å²) in [6.07, 6.45) is 18.0. The highest BCUT2D eigenvalue weighted by atomic mass is 16.1. The van der Waals surface area contributed by atoms with E-state index in [1.54, 1.807) is 0 Å². The Bertz CT molecular complexity index is 581. The van der Waals surface area contributed by atoms with Crippen LogP contribution in [0, 0.1) is 11.3 Å². The standard InChI is InChI=1S/C26H40O/c1-3-5-6-7-14-25(27)22-17-15-21(16-18-22)24-13-10-12-23-11-8-9-20-26(23,24)19-4-2/h15-18,23-24H,3-14,19-20H2,1-2H3/t23-,24?,26+/m1/s1. The molecule has 0 spiro atoms. The van der Waals surface area contributed by atoms with E-state index in [9.17, 15) is 4.79 Å². The average molecular weight is 369 g/mol. The molecular weight excluding hydrogens is 328 g/mol. The van der Waals surface area contributed by atoms with Crippen LogP contribution in [0.4, 0.5) is 0 Å². The highest BCUT2D eigenvalue weighted by molar-refractivity contribution is 5.96. The second-order valence-corrected chi connectivity index (χ2v) is 9.27. The van der Waals surface area contributed by atoms with Gasteiger partial charge in [-0.05, 0) is 61.3 Å². The molecule has 0 N–H and O–H groups in total. The Kier molecular flexibility index (Phi) is 7.56. The molecule has 2 aliphatic carbocycles.